The molecule has 1 fully saturated rings. The summed E-state index contributed by atoms with van der Waals surface area (Å²) in [6.07, 6.45) is 2.42. The molecule has 1 heterocycles. The summed E-state index contributed by atoms with van der Waals surface area (Å²) in [5.74, 6) is 1.10. The highest BCUT2D eigenvalue weighted by Gasteiger charge is 2.22. The molecule has 6 heteroatoms. The van der Waals surface area contributed by atoms with Gasteiger partial charge in [-0.3, -0.25) is 0 Å². The fourth-order valence-corrected chi connectivity index (χ4v) is 1.21. The van der Waals surface area contributed by atoms with Gasteiger partial charge in [0, 0.05) is 13.1 Å². The van der Waals surface area contributed by atoms with E-state index in [1.54, 1.807) is 7.05 Å². The Labute approximate surface area is 94.9 Å². The Kier molecular flexibility index (Phi) is 3.07. The number of nitrogens with one attached hydrogen (secondary N) is 2. The van der Waals surface area contributed by atoms with Gasteiger partial charge in [-0.1, -0.05) is 0 Å². The van der Waals surface area contributed by atoms with Gasteiger partial charge in [0.05, 0.1) is 6.10 Å². The van der Waals surface area contributed by atoms with Gasteiger partial charge in [0.25, 0.3) is 0 Å². The molecule has 2 rings (SSSR count). The minimum absolute atomic E-state index is 0.0564. The largest absolute Gasteiger partial charge is 0.461 e. The van der Waals surface area contributed by atoms with E-state index in [9.17, 15) is 0 Å². The second-order valence-electron chi connectivity index (χ2n) is 4.10. The van der Waals surface area contributed by atoms with Crippen molar-refractivity contribution in [1.29, 1.82) is 0 Å². The van der Waals surface area contributed by atoms with Crippen molar-refractivity contribution in [1.82, 2.24) is 15.0 Å². The van der Waals surface area contributed by atoms with Crippen molar-refractivity contribution >= 4 is 11.9 Å². The van der Waals surface area contributed by atoms with Crippen LogP contribution >= 0.6 is 0 Å². The molecule has 6 nitrogen and oxygen atoms in total. The molecule has 1 aliphatic rings. The normalized spacial score (nSPS) is 15.0. The van der Waals surface area contributed by atoms with Crippen molar-refractivity contribution < 1.29 is 4.74 Å². The summed E-state index contributed by atoms with van der Waals surface area (Å²) in [6.45, 7) is 3.88. The number of hydrogen-bond donors (Lipinski definition) is 2. The number of rotatable bonds is 5. The van der Waals surface area contributed by atoms with Gasteiger partial charge in [-0.15, -0.1) is 0 Å². The molecule has 88 valence electrons. The lowest BCUT2D eigenvalue weighted by Crippen LogP contribution is -2.13. The van der Waals surface area contributed by atoms with E-state index in [4.69, 9.17) is 4.74 Å². The summed E-state index contributed by atoms with van der Waals surface area (Å²) in [4.78, 5) is 12.5. The lowest BCUT2D eigenvalue weighted by molar-refractivity contribution is 0.222. The van der Waals surface area contributed by atoms with Crippen LogP contribution in [0.1, 0.15) is 26.7 Å². The first-order valence-electron chi connectivity index (χ1n) is 5.54. The molecule has 2 N–H and O–H groups in total. The predicted molar refractivity (Wildman–Crippen MR) is 61.8 cm³/mol. The van der Waals surface area contributed by atoms with E-state index in [-0.39, 0.29) is 6.10 Å². The van der Waals surface area contributed by atoms with Gasteiger partial charge in [0.15, 0.2) is 0 Å². The minimum atomic E-state index is 0.0564. The Morgan fingerprint density at radius 1 is 1.19 bits per heavy atom. The molecular formula is C10H17N5O. The molecule has 1 aromatic rings. The van der Waals surface area contributed by atoms with E-state index in [2.05, 4.69) is 25.6 Å². The van der Waals surface area contributed by atoms with Crippen LogP contribution in [0.3, 0.4) is 0 Å². The first-order chi connectivity index (χ1) is 7.67. The molecule has 1 aliphatic carbocycles. The quantitative estimate of drug-likeness (QED) is 0.783. The molecule has 0 aliphatic heterocycles. The van der Waals surface area contributed by atoms with E-state index in [1.807, 2.05) is 13.8 Å². The van der Waals surface area contributed by atoms with Gasteiger partial charge in [0.2, 0.25) is 11.9 Å². The minimum Gasteiger partial charge on any atom is -0.461 e. The molecule has 0 saturated heterocycles. The van der Waals surface area contributed by atoms with E-state index >= 15 is 0 Å². The molecule has 0 amide bonds. The molecule has 16 heavy (non-hydrogen) atoms. The van der Waals surface area contributed by atoms with Crippen LogP contribution in [0.2, 0.25) is 0 Å². The lowest BCUT2D eigenvalue weighted by Gasteiger charge is -2.10. The maximum atomic E-state index is 5.46. The number of nitrogens with zero attached hydrogens (tertiary/aromatic N) is 3. The second-order valence-corrected chi connectivity index (χ2v) is 4.10. The average Bonchev–Trinajstić information content (AvgIpc) is 3.00. The van der Waals surface area contributed by atoms with Crippen LogP contribution in [0.5, 0.6) is 6.01 Å². The highest BCUT2D eigenvalue weighted by Crippen LogP contribution is 2.24. The SMILES string of the molecule is CNc1nc(NC2CC2)nc(OC(C)C)n1. The third-order valence-electron chi connectivity index (χ3n) is 2.09. The van der Waals surface area contributed by atoms with Gasteiger partial charge >= 0.3 is 6.01 Å². The fourth-order valence-electron chi connectivity index (χ4n) is 1.21. The maximum Gasteiger partial charge on any atom is 0.323 e. The Morgan fingerprint density at radius 3 is 2.44 bits per heavy atom. The van der Waals surface area contributed by atoms with Gasteiger partial charge in [0.1, 0.15) is 0 Å². The first-order valence-corrected chi connectivity index (χ1v) is 5.54. The van der Waals surface area contributed by atoms with Gasteiger partial charge in [-0.05, 0) is 26.7 Å². The molecule has 0 unspecified atom stereocenters. The summed E-state index contributed by atoms with van der Waals surface area (Å²) < 4.78 is 5.46. The lowest BCUT2D eigenvalue weighted by atomic mass is 10.5. The third-order valence-corrected chi connectivity index (χ3v) is 2.09. The van der Waals surface area contributed by atoms with Crippen molar-refractivity contribution in [2.75, 3.05) is 17.7 Å². The number of aromatic nitrogens is 3. The van der Waals surface area contributed by atoms with Crippen molar-refractivity contribution in [3.8, 4) is 6.01 Å². The Balaban J connectivity index is 2.15. The number of anilines is 2. The van der Waals surface area contributed by atoms with E-state index in [1.165, 1.54) is 12.8 Å². The van der Waals surface area contributed by atoms with Gasteiger partial charge < -0.3 is 15.4 Å². The smallest absolute Gasteiger partial charge is 0.323 e. The molecular weight excluding hydrogens is 206 g/mol. The highest BCUT2D eigenvalue weighted by molar-refractivity contribution is 5.37. The standard InChI is InChI=1S/C10H17N5O/c1-6(2)16-10-14-8(11-3)13-9(15-10)12-7-4-5-7/h6-7H,4-5H2,1-3H3,(H2,11,12,13,14,15). The van der Waals surface area contributed by atoms with Crippen LogP contribution < -0.4 is 15.4 Å². The Hall–Kier alpha value is -1.59. The van der Waals surface area contributed by atoms with Crippen LogP contribution in [0.4, 0.5) is 11.9 Å². The molecule has 0 radical (unpaired) electrons. The summed E-state index contributed by atoms with van der Waals surface area (Å²) in [7, 11) is 1.77. The van der Waals surface area contributed by atoms with Crippen LogP contribution in [0.25, 0.3) is 0 Å². The molecule has 1 aromatic heterocycles. The maximum absolute atomic E-state index is 5.46. The Bertz CT molecular complexity index is 342. The molecule has 0 aromatic carbocycles. The molecule has 1 saturated carbocycles. The number of ether oxygens (including phenoxy) is 1. The first kappa shape index (κ1) is 10.9. The fraction of sp³-hybridized carbons (Fsp3) is 0.700. The van der Waals surface area contributed by atoms with Crippen LogP contribution in [-0.2, 0) is 0 Å². The molecule has 0 bridgehead atoms. The number of hydrogen-bond acceptors (Lipinski definition) is 6. The van der Waals surface area contributed by atoms with Gasteiger partial charge in [-0.2, -0.15) is 15.0 Å². The van der Waals surface area contributed by atoms with E-state index < -0.39 is 0 Å². The average molecular weight is 223 g/mol. The van der Waals surface area contributed by atoms with Crippen molar-refractivity contribution in [3.05, 3.63) is 0 Å². The van der Waals surface area contributed by atoms with E-state index in [0.717, 1.165) is 0 Å². The van der Waals surface area contributed by atoms with Crippen molar-refractivity contribution in [2.24, 2.45) is 0 Å². The zero-order chi connectivity index (χ0) is 11.5. The monoisotopic (exact) mass is 223 g/mol. The van der Waals surface area contributed by atoms with Crippen molar-refractivity contribution in [3.63, 3.8) is 0 Å². The van der Waals surface area contributed by atoms with Crippen LogP contribution in [0.15, 0.2) is 0 Å². The van der Waals surface area contributed by atoms with Crippen LogP contribution in [-0.4, -0.2) is 34.1 Å². The van der Waals surface area contributed by atoms with E-state index in [0.29, 0.717) is 23.9 Å². The summed E-state index contributed by atoms with van der Waals surface area (Å²) >= 11 is 0. The third kappa shape index (κ3) is 2.95. The summed E-state index contributed by atoms with van der Waals surface area (Å²) in [5.41, 5.74) is 0. The molecule has 0 atom stereocenters. The van der Waals surface area contributed by atoms with Crippen molar-refractivity contribution in [2.45, 2.75) is 38.8 Å². The molecule has 0 spiro atoms. The van der Waals surface area contributed by atoms with Crippen LogP contribution in [0, 0.1) is 0 Å². The zero-order valence-electron chi connectivity index (χ0n) is 9.82. The van der Waals surface area contributed by atoms with Gasteiger partial charge in [-0.25, -0.2) is 0 Å². The zero-order valence-corrected chi connectivity index (χ0v) is 9.82. The summed E-state index contributed by atoms with van der Waals surface area (Å²) in [5, 5.41) is 6.11. The summed E-state index contributed by atoms with van der Waals surface area (Å²) in [6, 6.07) is 0.872. The topological polar surface area (TPSA) is 72.0 Å². The second kappa shape index (κ2) is 4.51. The highest BCUT2D eigenvalue weighted by atomic mass is 16.5. The Morgan fingerprint density at radius 2 is 1.88 bits per heavy atom. The predicted octanol–water partition coefficient (Wildman–Crippen LogP) is 1.27.